The first-order valence-electron chi connectivity index (χ1n) is 12.8. The Morgan fingerprint density at radius 2 is 1.74 bits per heavy atom. The molecule has 1 fully saturated rings. The van der Waals surface area contributed by atoms with Gasteiger partial charge in [0.25, 0.3) is 5.91 Å². The average molecular weight is 584 g/mol. The van der Waals surface area contributed by atoms with Gasteiger partial charge in [0.15, 0.2) is 0 Å². The molecule has 0 radical (unpaired) electrons. The van der Waals surface area contributed by atoms with Crippen LogP contribution in [0.25, 0.3) is 11.1 Å². The monoisotopic (exact) mass is 583 g/mol. The molecule has 1 aliphatic heterocycles. The summed E-state index contributed by atoms with van der Waals surface area (Å²) in [4.78, 5) is 40.6. The van der Waals surface area contributed by atoms with Gasteiger partial charge in [0.1, 0.15) is 30.3 Å². The SMILES string of the molecule is CC(N(Cc1ccc(F)cc1)C(=O)CN1C(=O)O[C@@]2(CCc3cc(-c4ccc(C#N)c(F)c4)ccc32)C1=O)C(F)(F)F. The first-order chi connectivity index (χ1) is 19.8. The van der Waals surface area contributed by atoms with E-state index in [0.717, 1.165) is 19.1 Å². The number of amides is 3. The van der Waals surface area contributed by atoms with Gasteiger partial charge in [-0.15, -0.1) is 0 Å². The van der Waals surface area contributed by atoms with Gasteiger partial charge >= 0.3 is 12.3 Å². The van der Waals surface area contributed by atoms with E-state index in [0.29, 0.717) is 38.5 Å². The highest BCUT2D eigenvalue weighted by Crippen LogP contribution is 2.46. The van der Waals surface area contributed by atoms with Crippen LogP contribution >= 0.6 is 0 Å². The number of rotatable bonds is 6. The van der Waals surface area contributed by atoms with Crippen molar-refractivity contribution in [3.63, 3.8) is 0 Å². The average Bonchev–Trinajstić information content (AvgIpc) is 3.43. The molecule has 0 bridgehead atoms. The maximum Gasteiger partial charge on any atom is 0.418 e. The summed E-state index contributed by atoms with van der Waals surface area (Å²) in [5, 5.41) is 8.96. The van der Waals surface area contributed by atoms with Crippen LogP contribution in [0.2, 0.25) is 0 Å². The van der Waals surface area contributed by atoms with E-state index in [4.69, 9.17) is 10.00 Å². The van der Waals surface area contributed by atoms with Gasteiger partial charge < -0.3 is 9.64 Å². The molecule has 1 heterocycles. The maximum atomic E-state index is 14.2. The van der Waals surface area contributed by atoms with Gasteiger partial charge in [-0.2, -0.15) is 18.4 Å². The van der Waals surface area contributed by atoms with Gasteiger partial charge in [-0.05, 0) is 59.9 Å². The van der Waals surface area contributed by atoms with Crippen molar-refractivity contribution in [1.82, 2.24) is 9.80 Å². The number of benzene rings is 3. The molecule has 0 aromatic heterocycles. The maximum absolute atomic E-state index is 14.2. The summed E-state index contributed by atoms with van der Waals surface area (Å²) in [6.45, 7) is -0.750. The number of carbonyl (C=O) groups excluding carboxylic acids is 3. The molecule has 1 unspecified atom stereocenters. The minimum atomic E-state index is -4.81. The van der Waals surface area contributed by atoms with E-state index in [1.165, 1.54) is 24.3 Å². The van der Waals surface area contributed by atoms with Gasteiger partial charge in [0.05, 0.1) is 5.56 Å². The van der Waals surface area contributed by atoms with E-state index < -0.39 is 60.5 Å². The molecular weight excluding hydrogens is 561 g/mol. The van der Waals surface area contributed by atoms with E-state index in [-0.39, 0.29) is 17.5 Å². The minimum Gasteiger partial charge on any atom is -0.427 e. The molecule has 2 atom stereocenters. The lowest BCUT2D eigenvalue weighted by atomic mass is 9.92. The molecule has 12 heteroatoms. The molecular formula is C30H22F5N3O4. The lowest BCUT2D eigenvalue weighted by Gasteiger charge is -2.31. The number of carbonyl (C=O) groups is 3. The van der Waals surface area contributed by atoms with Crippen LogP contribution < -0.4 is 0 Å². The Labute approximate surface area is 236 Å². The Balaban J connectivity index is 1.39. The zero-order valence-corrected chi connectivity index (χ0v) is 22.0. The fraction of sp³-hybridized carbons (Fsp3) is 0.267. The highest BCUT2D eigenvalue weighted by atomic mass is 19.4. The van der Waals surface area contributed by atoms with Crippen LogP contribution in [0, 0.1) is 23.0 Å². The van der Waals surface area contributed by atoms with Crippen LogP contribution in [0.3, 0.4) is 0 Å². The zero-order chi connectivity index (χ0) is 30.4. The first kappa shape index (κ1) is 28.7. The predicted octanol–water partition coefficient (Wildman–Crippen LogP) is 5.60. The second-order valence-corrected chi connectivity index (χ2v) is 10.1. The minimum absolute atomic E-state index is 0.0427. The third-order valence-electron chi connectivity index (χ3n) is 7.60. The van der Waals surface area contributed by atoms with E-state index >= 15 is 0 Å². The smallest absolute Gasteiger partial charge is 0.418 e. The first-order valence-corrected chi connectivity index (χ1v) is 12.8. The molecule has 0 saturated carbocycles. The molecule has 3 aromatic carbocycles. The number of imide groups is 1. The van der Waals surface area contributed by atoms with Crippen molar-refractivity contribution < 1.29 is 41.1 Å². The number of nitrogens with zero attached hydrogens (tertiary/aromatic N) is 3. The van der Waals surface area contributed by atoms with Crippen molar-refractivity contribution in [3.8, 4) is 17.2 Å². The van der Waals surface area contributed by atoms with Crippen molar-refractivity contribution in [3.05, 3.63) is 94.6 Å². The van der Waals surface area contributed by atoms with Crippen molar-refractivity contribution in [2.45, 2.75) is 44.1 Å². The summed E-state index contributed by atoms with van der Waals surface area (Å²) in [5.74, 6) is -3.33. The Kier molecular flexibility index (Phi) is 7.22. The van der Waals surface area contributed by atoms with Gasteiger partial charge in [-0.1, -0.05) is 36.4 Å². The number of nitriles is 1. The zero-order valence-electron chi connectivity index (χ0n) is 22.0. The third-order valence-corrected chi connectivity index (χ3v) is 7.60. The molecule has 7 nitrogen and oxygen atoms in total. The summed E-state index contributed by atoms with van der Waals surface area (Å²) in [7, 11) is 0. The van der Waals surface area contributed by atoms with Gasteiger partial charge in [-0.25, -0.2) is 18.5 Å². The molecule has 216 valence electrons. The molecule has 5 rings (SSSR count). The van der Waals surface area contributed by atoms with Gasteiger partial charge in [0.2, 0.25) is 11.5 Å². The number of hydrogen-bond donors (Lipinski definition) is 0. The summed E-state index contributed by atoms with van der Waals surface area (Å²) < 4.78 is 73.9. The van der Waals surface area contributed by atoms with Crippen molar-refractivity contribution >= 4 is 17.9 Å². The molecule has 0 N–H and O–H groups in total. The van der Waals surface area contributed by atoms with E-state index in [1.54, 1.807) is 30.3 Å². The third kappa shape index (κ3) is 5.06. The second kappa shape index (κ2) is 10.6. The van der Waals surface area contributed by atoms with Gasteiger partial charge in [0, 0.05) is 18.5 Å². The normalized spacial score (nSPS) is 18.5. The lowest BCUT2D eigenvalue weighted by molar-refractivity contribution is -0.187. The predicted molar refractivity (Wildman–Crippen MR) is 137 cm³/mol. The Bertz CT molecular complexity index is 1630. The van der Waals surface area contributed by atoms with Crippen molar-refractivity contribution in [1.29, 1.82) is 5.26 Å². The van der Waals surface area contributed by atoms with Crippen LogP contribution in [0.1, 0.15) is 35.6 Å². The number of alkyl halides is 3. The van der Waals surface area contributed by atoms with Crippen LogP contribution in [-0.2, 0) is 32.9 Å². The summed E-state index contributed by atoms with van der Waals surface area (Å²) in [5.41, 5.74) is 0.426. The number of aryl methyl sites for hydroxylation is 1. The molecule has 1 spiro atoms. The Morgan fingerprint density at radius 3 is 2.38 bits per heavy atom. The number of hydrogen-bond acceptors (Lipinski definition) is 5. The highest BCUT2D eigenvalue weighted by Gasteiger charge is 2.58. The van der Waals surface area contributed by atoms with Gasteiger partial charge in [-0.3, -0.25) is 9.59 Å². The van der Waals surface area contributed by atoms with Crippen LogP contribution in [-0.4, -0.2) is 46.5 Å². The van der Waals surface area contributed by atoms with E-state index in [2.05, 4.69) is 0 Å². The largest absolute Gasteiger partial charge is 0.427 e. The molecule has 42 heavy (non-hydrogen) atoms. The van der Waals surface area contributed by atoms with Crippen molar-refractivity contribution in [2.75, 3.05) is 6.54 Å². The summed E-state index contributed by atoms with van der Waals surface area (Å²) in [6.07, 6.45) is -5.64. The standard InChI is InChI=1S/C30H22F5N3O4/c1-17(30(33,34)35)37(15-18-2-7-23(31)8-3-18)26(39)16-38-27(40)29(42-28(38)41)11-10-21-12-19(6-9-24(21)29)20-4-5-22(14-36)25(32)13-20/h2-9,12-13,17H,10-11,15-16H2,1H3/t17?,29-/m1/s1. The number of halogens is 5. The molecule has 3 aromatic rings. The number of ether oxygens (including phenoxy) is 1. The van der Waals surface area contributed by atoms with Crippen LogP contribution in [0.5, 0.6) is 0 Å². The van der Waals surface area contributed by atoms with Crippen molar-refractivity contribution in [2.24, 2.45) is 0 Å². The molecule has 1 saturated heterocycles. The van der Waals surface area contributed by atoms with E-state index in [1.807, 2.05) is 0 Å². The lowest BCUT2D eigenvalue weighted by Crippen LogP contribution is -2.51. The molecule has 2 aliphatic rings. The second-order valence-electron chi connectivity index (χ2n) is 10.1. The number of fused-ring (bicyclic) bond motifs is 2. The molecule has 1 aliphatic carbocycles. The Hall–Kier alpha value is -4.79. The Morgan fingerprint density at radius 1 is 1.07 bits per heavy atom. The fourth-order valence-corrected chi connectivity index (χ4v) is 5.25. The fourth-order valence-electron chi connectivity index (χ4n) is 5.25. The summed E-state index contributed by atoms with van der Waals surface area (Å²) >= 11 is 0. The topological polar surface area (TPSA) is 90.7 Å². The summed E-state index contributed by atoms with van der Waals surface area (Å²) in [6, 6.07) is 13.0. The van der Waals surface area contributed by atoms with E-state index in [9.17, 15) is 36.3 Å². The van der Waals surface area contributed by atoms with Crippen LogP contribution in [0.4, 0.5) is 26.7 Å². The van der Waals surface area contributed by atoms with Crippen LogP contribution in [0.15, 0.2) is 60.7 Å². The highest BCUT2D eigenvalue weighted by molar-refractivity contribution is 6.06. The molecule has 3 amide bonds. The quantitative estimate of drug-likeness (QED) is 0.353.